The van der Waals surface area contributed by atoms with Gasteiger partial charge in [0.1, 0.15) is 5.75 Å². The number of para-hydroxylation sites is 1. The molecule has 0 aliphatic rings. The number of methoxy groups -OCH3 is 2. The summed E-state index contributed by atoms with van der Waals surface area (Å²) in [6.45, 7) is 0. The zero-order valence-electron chi connectivity index (χ0n) is 16.1. The Bertz CT molecular complexity index is 1040. The molecule has 0 amide bonds. The second kappa shape index (κ2) is 10.4. The highest BCUT2D eigenvalue weighted by Gasteiger charge is 2.10. The topological polar surface area (TPSA) is 89.9 Å². The molecular formula is C20H18ClN5O3S. The second-order valence-corrected chi connectivity index (χ2v) is 6.55. The van der Waals surface area contributed by atoms with Crippen molar-refractivity contribution in [3.8, 4) is 23.5 Å². The molecule has 0 bridgehead atoms. The van der Waals surface area contributed by atoms with Crippen molar-refractivity contribution in [2.24, 2.45) is 5.10 Å². The predicted octanol–water partition coefficient (Wildman–Crippen LogP) is 4.26. The van der Waals surface area contributed by atoms with Crippen molar-refractivity contribution in [3.05, 3.63) is 65.2 Å². The Morgan fingerprint density at radius 2 is 1.77 bits per heavy atom. The molecule has 0 fully saturated rings. The maximum absolute atomic E-state index is 5.96. The first kappa shape index (κ1) is 21.3. The molecule has 0 unspecified atom stereocenters. The van der Waals surface area contributed by atoms with E-state index in [1.54, 1.807) is 30.5 Å². The Morgan fingerprint density at radius 3 is 2.47 bits per heavy atom. The van der Waals surface area contributed by atoms with Gasteiger partial charge in [-0.15, -0.1) is 0 Å². The van der Waals surface area contributed by atoms with Crippen molar-refractivity contribution in [3.63, 3.8) is 0 Å². The average molecular weight is 444 g/mol. The molecule has 154 valence electrons. The number of hydrogen-bond donors (Lipinski definition) is 2. The van der Waals surface area contributed by atoms with E-state index in [1.165, 1.54) is 14.2 Å². The third-order valence-corrected chi connectivity index (χ3v) is 4.08. The largest absolute Gasteiger partial charge is 0.481 e. The van der Waals surface area contributed by atoms with Crippen molar-refractivity contribution in [2.45, 2.75) is 0 Å². The van der Waals surface area contributed by atoms with Crippen LogP contribution in [0.5, 0.6) is 23.5 Å². The van der Waals surface area contributed by atoms with Crippen molar-refractivity contribution in [1.29, 1.82) is 0 Å². The van der Waals surface area contributed by atoms with E-state index >= 15 is 0 Å². The maximum Gasteiger partial charge on any atom is 0.328 e. The van der Waals surface area contributed by atoms with Gasteiger partial charge in [0.15, 0.2) is 5.11 Å². The molecule has 0 spiro atoms. The van der Waals surface area contributed by atoms with Gasteiger partial charge in [-0.3, -0.25) is 5.43 Å². The third-order valence-electron chi connectivity index (χ3n) is 3.65. The van der Waals surface area contributed by atoms with Gasteiger partial charge < -0.3 is 19.5 Å². The fraction of sp³-hybridized carbons (Fsp3) is 0.100. The Morgan fingerprint density at radius 1 is 1.03 bits per heavy atom. The summed E-state index contributed by atoms with van der Waals surface area (Å²) in [6.07, 6.45) is 1.57. The van der Waals surface area contributed by atoms with E-state index in [4.69, 9.17) is 38.0 Å². The number of halogens is 1. The number of rotatable bonds is 7. The summed E-state index contributed by atoms with van der Waals surface area (Å²) in [5.74, 6) is 1.14. The number of anilines is 1. The lowest BCUT2D eigenvalue weighted by Crippen LogP contribution is -2.23. The third kappa shape index (κ3) is 6.03. The fourth-order valence-corrected chi connectivity index (χ4v) is 2.66. The first-order chi connectivity index (χ1) is 14.6. The molecule has 2 N–H and O–H groups in total. The minimum Gasteiger partial charge on any atom is -0.481 e. The normalized spacial score (nSPS) is 10.5. The number of hydrogen-bond acceptors (Lipinski definition) is 7. The minimum atomic E-state index is 0.0816. The molecule has 0 saturated carbocycles. The molecular weight excluding hydrogens is 426 g/mol. The molecule has 10 heteroatoms. The molecule has 0 aliphatic carbocycles. The van der Waals surface area contributed by atoms with Crippen LogP contribution in [0.3, 0.4) is 0 Å². The van der Waals surface area contributed by atoms with Crippen LogP contribution in [-0.4, -0.2) is 35.5 Å². The number of hydrazone groups is 1. The van der Waals surface area contributed by atoms with E-state index in [1.807, 2.05) is 30.3 Å². The fourth-order valence-electron chi connectivity index (χ4n) is 2.30. The molecule has 3 rings (SSSR count). The van der Waals surface area contributed by atoms with Gasteiger partial charge in [0.05, 0.1) is 26.5 Å². The molecule has 1 heterocycles. The molecule has 2 aromatic carbocycles. The number of benzene rings is 2. The van der Waals surface area contributed by atoms with Crippen LogP contribution >= 0.6 is 23.8 Å². The number of thiocarbonyl (C=S) groups is 1. The Balaban J connectivity index is 1.68. The maximum atomic E-state index is 5.96. The van der Waals surface area contributed by atoms with Gasteiger partial charge in [0.2, 0.25) is 11.8 Å². The Kier molecular flexibility index (Phi) is 7.36. The van der Waals surface area contributed by atoms with Crippen molar-refractivity contribution in [2.75, 3.05) is 19.5 Å². The molecule has 1 aromatic heterocycles. The van der Waals surface area contributed by atoms with Crippen LogP contribution in [0.1, 0.15) is 5.56 Å². The van der Waals surface area contributed by atoms with Crippen LogP contribution in [-0.2, 0) is 0 Å². The number of aromatic nitrogens is 2. The summed E-state index contributed by atoms with van der Waals surface area (Å²) in [6, 6.07) is 16.1. The highest BCUT2D eigenvalue weighted by Crippen LogP contribution is 2.25. The van der Waals surface area contributed by atoms with Crippen molar-refractivity contribution < 1.29 is 14.2 Å². The monoisotopic (exact) mass is 443 g/mol. The van der Waals surface area contributed by atoms with E-state index in [0.717, 1.165) is 5.69 Å². The summed E-state index contributed by atoms with van der Waals surface area (Å²) in [5, 5.41) is 8.06. The van der Waals surface area contributed by atoms with Gasteiger partial charge in [-0.05, 0) is 42.5 Å². The molecule has 3 aromatic rings. The second-order valence-electron chi connectivity index (χ2n) is 5.71. The van der Waals surface area contributed by atoms with Crippen LogP contribution in [0.25, 0.3) is 0 Å². The molecule has 0 atom stereocenters. The summed E-state index contributed by atoms with van der Waals surface area (Å²) < 4.78 is 16.1. The van der Waals surface area contributed by atoms with Gasteiger partial charge in [-0.2, -0.15) is 15.1 Å². The van der Waals surface area contributed by atoms with Crippen LogP contribution in [0.2, 0.25) is 5.02 Å². The van der Waals surface area contributed by atoms with E-state index in [9.17, 15) is 0 Å². The predicted molar refractivity (Wildman–Crippen MR) is 120 cm³/mol. The Labute approximate surface area is 183 Å². The number of nitrogens with one attached hydrogen (secondary N) is 2. The SMILES string of the molecule is COc1cc(OC)nc(Oc2ccccc2C=NNC(=S)Nc2cccc(Cl)c2)n1. The smallest absolute Gasteiger partial charge is 0.328 e. The summed E-state index contributed by atoms with van der Waals surface area (Å²) in [4.78, 5) is 8.32. The van der Waals surface area contributed by atoms with Crippen LogP contribution < -0.4 is 25.0 Å². The minimum absolute atomic E-state index is 0.0816. The van der Waals surface area contributed by atoms with Crippen LogP contribution in [0, 0.1) is 0 Å². The van der Waals surface area contributed by atoms with Gasteiger partial charge in [-0.1, -0.05) is 29.8 Å². The number of nitrogens with zero attached hydrogens (tertiary/aromatic N) is 3. The van der Waals surface area contributed by atoms with Gasteiger partial charge >= 0.3 is 6.01 Å². The molecule has 8 nitrogen and oxygen atoms in total. The van der Waals surface area contributed by atoms with Gasteiger partial charge in [0, 0.05) is 16.3 Å². The van der Waals surface area contributed by atoms with E-state index in [0.29, 0.717) is 33.2 Å². The first-order valence-electron chi connectivity index (χ1n) is 8.67. The summed E-state index contributed by atoms with van der Waals surface area (Å²) >= 11 is 11.2. The zero-order valence-corrected chi connectivity index (χ0v) is 17.7. The van der Waals surface area contributed by atoms with Crippen molar-refractivity contribution >= 4 is 40.8 Å². The lowest BCUT2D eigenvalue weighted by Gasteiger charge is -2.09. The molecule has 0 saturated heterocycles. The summed E-state index contributed by atoms with van der Waals surface area (Å²) in [7, 11) is 3.00. The highest BCUT2D eigenvalue weighted by molar-refractivity contribution is 7.80. The van der Waals surface area contributed by atoms with Gasteiger partial charge in [0.25, 0.3) is 0 Å². The first-order valence-corrected chi connectivity index (χ1v) is 9.45. The lowest BCUT2D eigenvalue weighted by molar-refractivity contribution is 0.348. The van der Waals surface area contributed by atoms with Crippen LogP contribution in [0.4, 0.5) is 5.69 Å². The molecule has 30 heavy (non-hydrogen) atoms. The molecule has 0 radical (unpaired) electrons. The van der Waals surface area contributed by atoms with E-state index in [-0.39, 0.29) is 6.01 Å². The quantitative estimate of drug-likeness (QED) is 0.318. The van der Waals surface area contributed by atoms with Crippen LogP contribution in [0.15, 0.2) is 59.7 Å². The van der Waals surface area contributed by atoms with Crippen molar-refractivity contribution in [1.82, 2.24) is 15.4 Å². The summed E-state index contributed by atoms with van der Waals surface area (Å²) in [5.41, 5.74) is 4.18. The highest BCUT2D eigenvalue weighted by atomic mass is 35.5. The zero-order chi connectivity index (χ0) is 21.3. The standard InChI is InChI=1S/C20H18ClN5O3S/c1-27-17-11-18(28-2)25-19(24-17)29-16-9-4-3-6-13(16)12-22-26-20(30)23-15-8-5-7-14(21)10-15/h3-12H,1-2H3,(H2,23,26,30). The molecule has 0 aliphatic heterocycles. The number of ether oxygens (including phenoxy) is 3. The van der Waals surface area contributed by atoms with E-state index in [2.05, 4.69) is 25.8 Å². The van der Waals surface area contributed by atoms with Gasteiger partial charge in [-0.25, -0.2) is 0 Å². The average Bonchev–Trinajstić information content (AvgIpc) is 2.74. The van der Waals surface area contributed by atoms with E-state index < -0.39 is 0 Å². The Hall–Kier alpha value is -3.43. The lowest BCUT2D eigenvalue weighted by atomic mass is 10.2.